The smallest absolute Gasteiger partial charge is 0.0803 e. The fourth-order valence-corrected chi connectivity index (χ4v) is 2.12. The number of rotatable bonds is 0. The van der Waals surface area contributed by atoms with Gasteiger partial charge in [-0.2, -0.15) is 0 Å². The number of hydrogen-bond acceptors (Lipinski definition) is 1. The molecule has 0 aromatic carbocycles. The lowest BCUT2D eigenvalue weighted by molar-refractivity contribution is 0.219. The summed E-state index contributed by atoms with van der Waals surface area (Å²) in [6.45, 7) is 8.74. The molecular weight excluding hydrogens is 143 g/mol. The predicted molar refractivity (Wildman–Crippen MR) is 46.8 cm³/mol. The molecule has 0 amide bonds. The first-order valence-corrected chi connectivity index (χ1v) is 4.79. The van der Waals surface area contributed by atoms with Gasteiger partial charge < -0.3 is 4.74 Å². The van der Waals surface area contributed by atoms with Crippen molar-refractivity contribution < 1.29 is 4.74 Å². The lowest BCUT2D eigenvalue weighted by Gasteiger charge is -2.19. The summed E-state index contributed by atoms with van der Waals surface area (Å²) >= 11 is 0. The maximum absolute atomic E-state index is 5.63. The zero-order valence-electron chi connectivity index (χ0n) is 7.14. The molecule has 58 valence electrons. The average Bonchev–Trinajstić information content (AvgIpc) is 2.11. The second-order valence-electron chi connectivity index (χ2n) is 3.82. The molecule has 0 saturated carbocycles. The molecule has 0 N–H and O–H groups in total. The molecule has 0 aromatic heterocycles. The van der Waals surface area contributed by atoms with E-state index in [0.29, 0.717) is 6.10 Å². The number of hydrogen-bond donors (Lipinski definition) is 0. The van der Waals surface area contributed by atoms with Crippen molar-refractivity contribution >= 4 is 13.7 Å². The van der Waals surface area contributed by atoms with E-state index in [2.05, 4.69) is 27.7 Å². The van der Waals surface area contributed by atoms with Gasteiger partial charge in [0, 0.05) is 11.6 Å². The van der Waals surface area contributed by atoms with E-state index in [4.69, 9.17) is 4.74 Å². The monoisotopic (exact) mass is 158 g/mol. The summed E-state index contributed by atoms with van der Waals surface area (Å²) < 4.78 is 5.63. The fraction of sp³-hybridized carbons (Fsp3) is 0.875. The van der Waals surface area contributed by atoms with Gasteiger partial charge in [0.2, 0.25) is 0 Å². The molecular formula is C8H15OP. The van der Waals surface area contributed by atoms with Gasteiger partial charge in [-0.3, -0.25) is 0 Å². The molecule has 1 unspecified atom stereocenters. The van der Waals surface area contributed by atoms with Crippen molar-refractivity contribution in [3.63, 3.8) is 0 Å². The largest absolute Gasteiger partial charge is 0.342 e. The van der Waals surface area contributed by atoms with E-state index >= 15 is 0 Å². The molecule has 0 aliphatic carbocycles. The van der Waals surface area contributed by atoms with Crippen LogP contribution in [0.4, 0.5) is 0 Å². The van der Waals surface area contributed by atoms with E-state index in [0.717, 1.165) is 0 Å². The van der Waals surface area contributed by atoms with Crippen LogP contribution in [-0.4, -0.2) is 17.7 Å². The molecule has 0 fully saturated rings. The van der Waals surface area contributed by atoms with Crippen LogP contribution in [0.5, 0.6) is 0 Å². The first-order valence-electron chi connectivity index (χ1n) is 3.72. The lowest BCUT2D eigenvalue weighted by atomic mass is 9.98. The molecule has 1 atom stereocenters. The van der Waals surface area contributed by atoms with Crippen molar-refractivity contribution in [1.29, 1.82) is 0 Å². The van der Waals surface area contributed by atoms with E-state index in [-0.39, 0.29) is 5.41 Å². The van der Waals surface area contributed by atoms with Gasteiger partial charge in [-0.15, -0.1) is 0 Å². The minimum atomic E-state index is 0.242. The van der Waals surface area contributed by atoms with Gasteiger partial charge in [0.25, 0.3) is 0 Å². The van der Waals surface area contributed by atoms with Crippen molar-refractivity contribution in [3.8, 4) is 0 Å². The van der Waals surface area contributed by atoms with Crippen LogP contribution in [-0.2, 0) is 4.74 Å². The maximum atomic E-state index is 5.63. The Balaban J connectivity index is 2.60. The van der Waals surface area contributed by atoms with Gasteiger partial charge in [-0.25, -0.2) is 0 Å². The average molecular weight is 158 g/mol. The summed E-state index contributed by atoms with van der Waals surface area (Å²) in [5, 5.41) is 0. The van der Waals surface area contributed by atoms with Gasteiger partial charge in [-0.1, -0.05) is 29.0 Å². The molecule has 0 aromatic rings. The summed E-state index contributed by atoms with van der Waals surface area (Å²) in [7, 11) is 1.39. The Morgan fingerprint density at radius 2 is 2.10 bits per heavy atom. The van der Waals surface area contributed by atoms with Crippen molar-refractivity contribution in [2.24, 2.45) is 5.41 Å². The van der Waals surface area contributed by atoms with Crippen LogP contribution in [0.15, 0.2) is 0 Å². The third kappa shape index (κ3) is 1.81. The van der Waals surface area contributed by atoms with E-state index < -0.39 is 0 Å². The third-order valence-corrected chi connectivity index (χ3v) is 3.21. The van der Waals surface area contributed by atoms with Crippen molar-refractivity contribution in [1.82, 2.24) is 0 Å². The van der Waals surface area contributed by atoms with Crippen LogP contribution in [0.2, 0.25) is 0 Å². The summed E-state index contributed by atoms with van der Waals surface area (Å²) in [5.41, 5.74) is 1.49. The highest BCUT2D eigenvalue weighted by molar-refractivity contribution is 7.40. The summed E-state index contributed by atoms with van der Waals surface area (Å²) in [6, 6.07) is 0. The second kappa shape index (κ2) is 2.64. The molecule has 1 nitrogen and oxygen atoms in total. The SMILES string of the molecule is CC1CP=C(C(C)(C)C)O1. The van der Waals surface area contributed by atoms with E-state index in [1.54, 1.807) is 0 Å². The molecule has 1 rings (SSSR count). The Morgan fingerprint density at radius 1 is 1.50 bits per heavy atom. The van der Waals surface area contributed by atoms with Crippen LogP contribution < -0.4 is 0 Å². The van der Waals surface area contributed by atoms with Crippen LogP contribution in [0.25, 0.3) is 0 Å². The first kappa shape index (κ1) is 8.23. The van der Waals surface area contributed by atoms with Crippen LogP contribution >= 0.6 is 8.20 Å². The Kier molecular flexibility index (Phi) is 2.17. The third-order valence-electron chi connectivity index (χ3n) is 1.45. The van der Waals surface area contributed by atoms with E-state index in [9.17, 15) is 0 Å². The molecule has 0 radical (unpaired) electrons. The molecule has 0 spiro atoms. The van der Waals surface area contributed by atoms with Crippen molar-refractivity contribution in [2.75, 3.05) is 6.16 Å². The molecule has 1 aliphatic rings. The van der Waals surface area contributed by atoms with Gasteiger partial charge in [0.05, 0.1) is 11.6 Å². The Morgan fingerprint density at radius 3 is 2.30 bits per heavy atom. The number of ether oxygens (including phenoxy) is 1. The zero-order chi connectivity index (χ0) is 7.78. The van der Waals surface area contributed by atoms with E-state index in [1.165, 1.54) is 19.8 Å². The highest BCUT2D eigenvalue weighted by atomic mass is 31.1. The van der Waals surface area contributed by atoms with Gasteiger partial charge in [0.15, 0.2) is 0 Å². The Hall–Kier alpha value is 0.130. The van der Waals surface area contributed by atoms with Crippen LogP contribution in [0.3, 0.4) is 0 Å². The molecule has 0 saturated heterocycles. The Labute approximate surface area is 64.6 Å². The lowest BCUT2D eigenvalue weighted by Crippen LogP contribution is -2.21. The predicted octanol–water partition coefficient (Wildman–Crippen LogP) is 2.53. The van der Waals surface area contributed by atoms with Gasteiger partial charge >= 0.3 is 0 Å². The molecule has 10 heavy (non-hydrogen) atoms. The highest BCUT2D eigenvalue weighted by Crippen LogP contribution is 2.28. The van der Waals surface area contributed by atoms with Crippen LogP contribution in [0, 0.1) is 5.41 Å². The molecule has 1 heterocycles. The van der Waals surface area contributed by atoms with E-state index in [1.807, 2.05) is 0 Å². The topological polar surface area (TPSA) is 9.23 Å². The summed E-state index contributed by atoms with van der Waals surface area (Å²) in [5.74, 6) is 0. The highest BCUT2D eigenvalue weighted by Gasteiger charge is 2.24. The second-order valence-corrected chi connectivity index (χ2v) is 4.91. The van der Waals surface area contributed by atoms with Gasteiger partial charge in [-0.05, 0) is 6.92 Å². The van der Waals surface area contributed by atoms with Crippen molar-refractivity contribution in [3.05, 3.63) is 0 Å². The zero-order valence-corrected chi connectivity index (χ0v) is 8.03. The minimum Gasteiger partial charge on any atom is -0.342 e. The minimum absolute atomic E-state index is 0.242. The van der Waals surface area contributed by atoms with Crippen molar-refractivity contribution in [2.45, 2.75) is 33.8 Å². The summed E-state index contributed by atoms with van der Waals surface area (Å²) in [6.07, 6.45) is 1.61. The maximum Gasteiger partial charge on any atom is 0.0803 e. The fourth-order valence-electron chi connectivity index (χ4n) is 0.891. The molecule has 1 aliphatic heterocycles. The first-order chi connectivity index (χ1) is 4.50. The molecule has 2 heteroatoms. The Bertz CT molecular complexity index is 155. The normalized spacial score (nSPS) is 28.4. The molecule has 0 bridgehead atoms. The van der Waals surface area contributed by atoms with Gasteiger partial charge in [0.1, 0.15) is 0 Å². The quantitative estimate of drug-likeness (QED) is 0.492. The van der Waals surface area contributed by atoms with Crippen LogP contribution in [0.1, 0.15) is 27.7 Å². The summed E-state index contributed by atoms with van der Waals surface area (Å²) in [4.78, 5) is 0. The standard InChI is InChI=1S/C8H15OP/c1-6-5-10-7(9-6)8(2,3)4/h6H,5H2,1-4H3.